The van der Waals surface area contributed by atoms with Crippen LogP contribution in [0.4, 0.5) is 0 Å². The van der Waals surface area contributed by atoms with Gasteiger partial charge in [0.05, 0.1) is 11.1 Å². The summed E-state index contributed by atoms with van der Waals surface area (Å²) in [5.41, 5.74) is 1.38. The summed E-state index contributed by atoms with van der Waals surface area (Å²) in [6.45, 7) is 0.325. The highest BCUT2D eigenvalue weighted by atomic mass is 16.2. The Balaban J connectivity index is 1.53. The van der Waals surface area contributed by atoms with Crippen molar-refractivity contribution in [3.8, 4) is 0 Å². The summed E-state index contributed by atoms with van der Waals surface area (Å²) in [5, 5.41) is 4.92. The Morgan fingerprint density at radius 3 is 2.45 bits per heavy atom. The topological polar surface area (TPSA) is 113 Å². The van der Waals surface area contributed by atoms with E-state index in [-0.39, 0.29) is 35.4 Å². The van der Waals surface area contributed by atoms with E-state index in [0.29, 0.717) is 6.54 Å². The van der Waals surface area contributed by atoms with Crippen LogP contribution in [0.25, 0.3) is 0 Å². The number of hydrogen-bond donors (Lipinski definition) is 2. The van der Waals surface area contributed by atoms with Crippen molar-refractivity contribution in [2.24, 2.45) is 0 Å². The molecule has 1 atom stereocenters. The predicted molar refractivity (Wildman–Crippen MR) is 101 cm³/mol. The molecule has 29 heavy (non-hydrogen) atoms. The normalized spacial score (nSPS) is 18.5. The van der Waals surface area contributed by atoms with Crippen LogP contribution in [-0.4, -0.2) is 40.5 Å². The van der Waals surface area contributed by atoms with E-state index in [1.165, 1.54) is 18.2 Å². The molecular weight excluding hydrogens is 374 g/mol. The van der Waals surface area contributed by atoms with Crippen molar-refractivity contribution in [1.29, 1.82) is 0 Å². The Kier molecular flexibility index (Phi) is 4.67. The predicted octanol–water partition coefficient (Wildman–Crippen LogP) is 1.02. The summed E-state index contributed by atoms with van der Waals surface area (Å²) in [6.07, 6.45) is 0.136. The second-order valence-corrected chi connectivity index (χ2v) is 6.88. The van der Waals surface area contributed by atoms with E-state index in [1.807, 2.05) is 30.3 Å². The van der Waals surface area contributed by atoms with E-state index in [4.69, 9.17) is 0 Å². The van der Waals surface area contributed by atoms with E-state index < -0.39 is 29.7 Å². The molecule has 1 fully saturated rings. The Morgan fingerprint density at radius 2 is 1.72 bits per heavy atom. The number of imide groups is 2. The summed E-state index contributed by atoms with van der Waals surface area (Å²) in [5.74, 6) is -2.72. The second-order valence-electron chi connectivity index (χ2n) is 6.88. The van der Waals surface area contributed by atoms with Gasteiger partial charge < -0.3 is 5.32 Å². The summed E-state index contributed by atoms with van der Waals surface area (Å²) in [6, 6.07) is 12.6. The van der Waals surface area contributed by atoms with E-state index in [1.54, 1.807) is 0 Å². The van der Waals surface area contributed by atoms with Crippen LogP contribution in [0, 0.1) is 0 Å². The zero-order chi connectivity index (χ0) is 20.5. The fourth-order valence-electron chi connectivity index (χ4n) is 3.49. The minimum Gasteiger partial charge on any atom is -0.348 e. The molecule has 0 bridgehead atoms. The maximum atomic E-state index is 12.8. The molecule has 146 valence electrons. The lowest BCUT2D eigenvalue weighted by atomic mass is 10.0. The van der Waals surface area contributed by atoms with Crippen molar-refractivity contribution >= 4 is 29.5 Å². The first-order chi connectivity index (χ1) is 14.0. The molecule has 1 unspecified atom stereocenters. The van der Waals surface area contributed by atoms with Crippen molar-refractivity contribution in [2.45, 2.75) is 25.4 Å². The van der Waals surface area contributed by atoms with Crippen molar-refractivity contribution in [2.75, 3.05) is 0 Å². The van der Waals surface area contributed by atoms with Crippen LogP contribution in [0.5, 0.6) is 0 Å². The van der Waals surface area contributed by atoms with Crippen LogP contribution in [0.1, 0.15) is 49.5 Å². The minimum absolute atomic E-state index is 0.0525. The minimum atomic E-state index is -1.03. The molecule has 2 aliphatic rings. The number of nitrogens with one attached hydrogen (secondary N) is 2. The first-order valence-corrected chi connectivity index (χ1v) is 9.13. The van der Waals surface area contributed by atoms with Gasteiger partial charge in [0, 0.05) is 18.5 Å². The Morgan fingerprint density at radius 1 is 1.00 bits per heavy atom. The molecule has 2 aliphatic heterocycles. The van der Waals surface area contributed by atoms with Crippen LogP contribution in [0.15, 0.2) is 48.5 Å². The van der Waals surface area contributed by atoms with Crippen LogP contribution < -0.4 is 10.6 Å². The van der Waals surface area contributed by atoms with E-state index in [0.717, 1.165) is 10.5 Å². The second kappa shape index (κ2) is 7.31. The van der Waals surface area contributed by atoms with Gasteiger partial charge in [0.2, 0.25) is 11.8 Å². The highest BCUT2D eigenvalue weighted by molar-refractivity contribution is 6.24. The Labute approximate surface area is 165 Å². The number of amides is 5. The molecule has 2 aromatic rings. The molecule has 2 heterocycles. The van der Waals surface area contributed by atoms with Crippen molar-refractivity contribution in [3.63, 3.8) is 0 Å². The summed E-state index contributed by atoms with van der Waals surface area (Å²) >= 11 is 0. The van der Waals surface area contributed by atoms with Crippen molar-refractivity contribution in [3.05, 3.63) is 70.8 Å². The van der Waals surface area contributed by atoms with Gasteiger partial charge in [-0.05, 0) is 30.2 Å². The average molecular weight is 391 g/mol. The first kappa shape index (κ1) is 18.5. The van der Waals surface area contributed by atoms with Crippen LogP contribution >= 0.6 is 0 Å². The maximum Gasteiger partial charge on any atom is 0.262 e. The monoisotopic (exact) mass is 391 g/mol. The number of carbonyl (C=O) groups excluding carboxylic acids is 5. The SMILES string of the molecule is O=C1CCC(N2C(=O)c3ccc(C(=O)NCc4ccccc4)cc3C2=O)C(=O)N1. The maximum absolute atomic E-state index is 12.8. The third kappa shape index (κ3) is 3.40. The standard InChI is InChI=1S/C21H17N3O5/c25-17-9-8-16(19(27)23-17)24-20(28)14-7-6-13(10-15(14)21(24)29)18(26)22-11-12-4-2-1-3-5-12/h1-7,10,16H,8-9,11H2,(H,22,26)(H,23,25,27). The van der Waals surface area contributed by atoms with Gasteiger partial charge in [0.15, 0.2) is 0 Å². The molecule has 0 saturated carbocycles. The summed E-state index contributed by atoms with van der Waals surface area (Å²) < 4.78 is 0. The molecular formula is C21H17N3O5. The first-order valence-electron chi connectivity index (χ1n) is 9.13. The van der Waals surface area contributed by atoms with Crippen molar-refractivity contribution < 1.29 is 24.0 Å². The quantitative estimate of drug-likeness (QED) is 0.756. The molecule has 0 aliphatic carbocycles. The molecule has 1 saturated heterocycles. The van der Waals surface area contributed by atoms with Gasteiger partial charge in [-0.1, -0.05) is 30.3 Å². The number of benzene rings is 2. The van der Waals surface area contributed by atoms with Gasteiger partial charge in [-0.25, -0.2) is 0 Å². The largest absolute Gasteiger partial charge is 0.348 e. The molecule has 4 rings (SSSR count). The zero-order valence-corrected chi connectivity index (χ0v) is 15.3. The number of piperidine rings is 1. The van der Waals surface area contributed by atoms with Gasteiger partial charge in [-0.15, -0.1) is 0 Å². The number of hydrogen-bond acceptors (Lipinski definition) is 5. The van der Waals surface area contributed by atoms with Gasteiger partial charge in [0.1, 0.15) is 6.04 Å². The number of fused-ring (bicyclic) bond motifs is 1. The van der Waals surface area contributed by atoms with Gasteiger partial charge in [0.25, 0.3) is 17.7 Å². The molecule has 0 radical (unpaired) electrons. The Bertz CT molecular complexity index is 1050. The molecule has 5 amide bonds. The highest BCUT2D eigenvalue weighted by Crippen LogP contribution is 2.28. The van der Waals surface area contributed by atoms with Crippen LogP contribution in [0.3, 0.4) is 0 Å². The fraction of sp³-hybridized carbons (Fsp3) is 0.190. The van der Waals surface area contributed by atoms with Crippen molar-refractivity contribution in [1.82, 2.24) is 15.5 Å². The lowest BCUT2D eigenvalue weighted by Crippen LogP contribution is -2.54. The van der Waals surface area contributed by atoms with Crippen LogP contribution in [0.2, 0.25) is 0 Å². The summed E-state index contributed by atoms with van der Waals surface area (Å²) in [4.78, 5) is 62.2. The third-order valence-corrected chi connectivity index (χ3v) is 5.00. The molecule has 8 nitrogen and oxygen atoms in total. The highest BCUT2D eigenvalue weighted by Gasteiger charge is 2.44. The van der Waals surface area contributed by atoms with Crippen LogP contribution in [-0.2, 0) is 16.1 Å². The molecule has 2 aromatic carbocycles. The smallest absolute Gasteiger partial charge is 0.262 e. The number of nitrogens with zero attached hydrogens (tertiary/aromatic N) is 1. The van der Waals surface area contributed by atoms with E-state index >= 15 is 0 Å². The number of carbonyl (C=O) groups is 5. The van der Waals surface area contributed by atoms with E-state index in [2.05, 4.69) is 10.6 Å². The lowest BCUT2D eigenvalue weighted by molar-refractivity contribution is -0.136. The van der Waals surface area contributed by atoms with Gasteiger partial charge in [-0.2, -0.15) is 0 Å². The lowest BCUT2D eigenvalue weighted by Gasteiger charge is -2.27. The zero-order valence-electron chi connectivity index (χ0n) is 15.3. The molecule has 0 spiro atoms. The summed E-state index contributed by atoms with van der Waals surface area (Å²) in [7, 11) is 0. The van der Waals surface area contributed by atoms with Gasteiger partial charge >= 0.3 is 0 Å². The molecule has 0 aromatic heterocycles. The fourth-order valence-corrected chi connectivity index (χ4v) is 3.49. The number of rotatable bonds is 4. The molecule has 2 N–H and O–H groups in total. The molecule has 8 heteroatoms. The average Bonchev–Trinajstić information content (AvgIpc) is 2.97. The Hall–Kier alpha value is -3.81. The van der Waals surface area contributed by atoms with E-state index in [9.17, 15) is 24.0 Å². The third-order valence-electron chi connectivity index (χ3n) is 5.00. The van der Waals surface area contributed by atoms with Gasteiger partial charge in [-0.3, -0.25) is 34.2 Å².